The summed E-state index contributed by atoms with van der Waals surface area (Å²) in [5, 5.41) is 23.6. The Hall–Kier alpha value is -12.9. The van der Waals surface area contributed by atoms with Crippen molar-refractivity contribution in [1.82, 2.24) is 60.8 Å². The van der Waals surface area contributed by atoms with E-state index in [0.29, 0.717) is 135 Å². The van der Waals surface area contributed by atoms with Crippen molar-refractivity contribution in [3.63, 3.8) is 0 Å². The third-order valence-corrected chi connectivity index (χ3v) is 23.4. The highest BCUT2D eigenvalue weighted by Gasteiger charge is 2.40. The smallest absolute Gasteiger partial charge is 0.321 e. The molecular weight excluding hydrogens is 1690 g/mol. The van der Waals surface area contributed by atoms with Gasteiger partial charge in [-0.25, -0.2) is 56.7 Å². The van der Waals surface area contributed by atoms with Crippen molar-refractivity contribution in [3.05, 3.63) is 287 Å². The number of ether oxygens (including phenoxy) is 4. The minimum Gasteiger partial charge on any atom is -0.424 e. The van der Waals surface area contributed by atoms with Crippen molar-refractivity contribution < 1.29 is 73.4 Å². The van der Waals surface area contributed by atoms with Gasteiger partial charge in [0, 0.05) is 165 Å². The van der Waals surface area contributed by atoms with Crippen molar-refractivity contribution in [1.29, 1.82) is 0 Å². The van der Waals surface area contributed by atoms with E-state index in [9.17, 15) is 36.7 Å². The van der Waals surface area contributed by atoms with Crippen LogP contribution < -0.4 is 42.5 Å². The minimum absolute atomic E-state index is 0.0175. The second kappa shape index (κ2) is 47.3. The first-order valence-corrected chi connectivity index (χ1v) is 44.3. The summed E-state index contributed by atoms with van der Waals surface area (Å²) in [6.07, 6.45) is 0. The molecule has 4 aromatic heterocycles. The number of oxazole rings is 4. The molecule has 8 heterocycles. The van der Waals surface area contributed by atoms with Crippen LogP contribution in [0.1, 0.15) is 109 Å². The number of carbonyl (C=O) groups excluding carboxylic acids is 4. The van der Waals surface area contributed by atoms with Crippen LogP contribution in [0.3, 0.4) is 0 Å². The van der Waals surface area contributed by atoms with Gasteiger partial charge in [0.15, 0.2) is 35.1 Å². The fourth-order valence-corrected chi connectivity index (χ4v) is 16.6. The average molecular weight is 1810 g/mol. The molecule has 696 valence electrons. The number of anilines is 4. The van der Waals surface area contributed by atoms with Gasteiger partial charge in [0.1, 0.15) is 22.8 Å². The van der Waals surface area contributed by atoms with E-state index < -0.39 is 35.3 Å². The molecule has 4 saturated heterocycles. The molecule has 0 radical (unpaired) electrons. The van der Waals surface area contributed by atoms with Crippen LogP contribution in [0.2, 0.25) is 0 Å². The van der Waals surface area contributed by atoms with Gasteiger partial charge in [0.2, 0.25) is 35.3 Å². The van der Waals surface area contributed by atoms with E-state index in [-0.39, 0.29) is 83.5 Å². The molecule has 0 spiro atoms. The van der Waals surface area contributed by atoms with Crippen molar-refractivity contribution in [2.24, 2.45) is 0 Å². The van der Waals surface area contributed by atoms with Crippen molar-refractivity contribution in [2.45, 2.75) is 101 Å². The number of aryl methyl sites for hydroxylation is 2. The SMILES string of the molecule is COCCN1C[C@@H](NC(=O)Nc2oc(-c3ccccc3)nc2C)[C@H](c2ccc(F)c(F)c2)C1.COCCN1C[C@@H](NC(=O)Nc2oc(-c3ccccc3)nc2C)[C@H](c2ccccc2)C1.COCCN1C[C@@H](NC(=O)Nc2oc(C(C)C)nc2-c2ccccc2)[C@H](c2ccc(F)c(F)c2)C1.COCCN1C[C@@H](NC(=O)Nc2oc(C(C)C)nc2-c2ccccc2)[C@H](c2ccccc2)C1. The monoisotopic (exact) mass is 1810 g/mol. The number of nitrogens with zero attached hydrogens (tertiary/aromatic N) is 8. The molecule has 28 nitrogen and oxygen atoms in total. The van der Waals surface area contributed by atoms with Crippen LogP contribution >= 0.6 is 0 Å². The van der Waals surface area contributed by atoms with Gasteiger partial charge in [-0.2, -0.15) is 0 Å². The molecule has 8 atom stereocenters. The number of methoxy groups -OCH3 is 4. The molecule has 132 heavy (non-hydrogen) atoms. The van der Waals surface area contributed by atoms with Crippen LogP contribution in [0, 0.1) is 37.1 Å². The summed E-state index contributed by atoms with van der Waals surface area (Å²) in [6, 6.07) is 64.5. The maximum Gasteiger partial charge on any atom is 0.321 e. The van der Waals surface area contributed by atoms with E-state index in [0.717, 1.165) is 73.7 Å². The number of rotatable bonds is 30. The Morgan fingerprint density at radius 2 is 0.598 bits per heavy atom. The summed E-state index contributed by atoms with van der Waals surface area (Å²) in [5.41, 5.74) is 9.46. The normalized spacial score (nSPS) is 18.5. The van der Waals surface area contributed by atoms with Crippen molar-refractivity contribution >= 4 is 47.7 Å². The van der Waals surface area contributed by atoms with Crippen molar-refractivity contribution in [3.8, 4) is 45.4 Å². The van der Waals surface area contributed by atoms with Crippen molar-refractivity contribution in [2.75, 3.05) is 155 Å². The highest BCUT2D eigenvalue weighted by Crippen LogP contribution is 2.38. The van der Waals surface area contributed by atoms with Gasteiger partial charge >= 0.3 is 24.1 Å². The summed E-state index contributed by atoms with van der Waals surface area (Å²) in [5.74, 6) is -0.224. The number of aromatic nitrogens is 4. The minimum atomic E-state index is -0.906. The Morgan fingerprint density at radius 3 is 0.871 bits per heavy atom. The van der Waals surface area contributed by atoms with E-state index in [1.54, 1.807) is 47.5 Å². The molecule has 0 aliphatic carbocycles. The quantitative estimate of drug-likeness (QED) is 0.0194. The molecule has 4 fully saturated rings. The fraction of sp³-hybridized carbons (Fsp3) is 0.360. The molecule has 0 saturated carbocycles. The van der Waals surface area contributed by atoms with Crippen LogP contribution in [-0.2, 0) is 18.9 Å². The molecule has 12 aromatic rings. The first kappa shape index (κ1) is 96.6. The van der Waals surface area contributed by atoms with E-state index in [1.807, 2.05) is 192 Å². The van der Waals surface area contributed by atoms with E-state index in [2.05, 4.69) is 106 Å². The van der Waals surface area contributed by atoms with Crippen LogP contribution in [0.5, 0.6) is 0 Å². The van der Waals surface area contributed by atoms with E-state index in [1.165, 1.54) is 23.3 Å². The van der Waals surface area contributed by atoms with E-state index >= 15 is 0 Å². The molecule has 8 aromatic carbocycles. The maximum absolute atomic E-state index is 14.0. The first-order valence-electron chi connectivity index (χ1n) is 44.3. The molecule has 8 N–H and O–H groups in total. The van der Waals surface area contributed by atoms with Crippen LogP contribution in [0.25, 0.3) is 45.4 Å². The maximum atomic E-state index is 14.0. The summed E-state index contributed by atoms with van der Waals surface area (Å²) in [7, 11) is 6.66. The topological polar surface area (TPSA) is 319 Å². The standard InChI is InChI=1S/C26H30F2N4O3.C26H32N4O3.C24H26F2N4O3.C24H28N4O3/c1-16(2)24-30-23(17-7-5-4-6-8-17)25(35-24)31-26(33)29-22-15-32(11-12-34-3)14-19(22)18-9-10-20(27)21(28)13-18;1-18(2)24-28-23(20-12-8-5-9-13-20)25(33-24)29-26(31)27-22-17-30(14-15-32-3)16-21(22)19-10-6-4-7-11-19;1-15-22(33-23(27-15)16-6-4-3-5-7-16)29-24(31)28-21-14-30(10-11-32-2)13-18(21)17-8-9-19(25)20(26)12-17;1-17-22(31-23(25-17)19-11-7-4-8-12-19)27-24(29)26-21-16-28(13-14-30-2)15-20(21)18-9-5-3-6-10-18/h4-10,13,16,19,22H,11-12,14-15H2,1-3H3,(H2,29,31,33);4-13,18,21-22H,14-17H2,1-3H3,(H2,27,29,31);3-9,12,18,21H,10-11,13-14H2,1-2H3,(H2,28,29,31);3-12,20-21H,13-16H2,1-2H3,(H2,26,27,29)/t19-,22+;21-,22+;18-,21+;20-,21+/m0000/s1. The lowest BCUT2D eigenvalue weighted by Crippen LogP contribution is -2.42. The van der Waals surface area contributed by atoms with E-state index in [4.69, 9.17) is 36.6 Å². The Kier molecular flexibility index (Phi) is 34.6. The van der Waals surface area contributed by atoms with Gasteiger partial charge < -0.3 is 57.9 Å². The number of halogens is 4. The Morgan fingerprint density at radius 1 is 0.333 bits per heavy atom. The summed E-state index contributed by atoms with van der Waals surface area (Å²) in [6.45, 7) is 22.4. The first-order chi connectivity index (χ1) is 64.0. The largest absolute Gasteiger partial charge is 0.424 e. The number of amides is 8. The van der Waals surface area contributed by atoms with Crippen LogP contribution in [-0.4, -0.2) is 221 Å². The van der Waals surface area contributed by atoms with Gasteiger partial charge in [0.05, 0.1) is 50.6 Å². The summed E-state index contributed by atoms with van der Waals surface area (Å²) in [4.78, 5) is 78.7. The molecule has 0 unspecified atom stereocenters. The lowest BCUT2D eigenvalue weighted by molar-refractivity contribution is 0.159. The zero-order chi connectivity index (χ0) is 93.2. The van der Waals surface area contributed by atoms with Gasteiger partial charge in [-0.1, -0.05) is 198 Å². The molecule has 32 heteroatoms. The number of hydrogen-bond acceptors (Lipinski definition) is 20. The number of urea groups is 4. The molecule has 16 rings (SSSR count). The molecular formula is C100H116F4N16O12. The van der Waals surface area contributed by atoms with Gasteiger partial charge in [-0.3, -0.25) is 40.9 Å². The molecule has 4 aliphatic heterocycles. The number of likely N-dealkylation sites (tertiary alicyclic amines) is 4. The number of nitrogens with one attached hydrogen (secondary N) is 8. The van der Waals surface area contributed by atoms with Gasteiger partial charge in [0.25, 0.3) is 0 Å². The predicted octanol–water partition coefficient (Wildman–Crippen LogP) is 17.7. The zero-order valence-corrected chi connectivity index (χ0v) is 75.9. The highest BCUT2D eigenvalue weighted by atomic mass is 19.2. The lowest BCUT2D eigenvalue weighted by atomic mass is 9.94. The van der Waals surface area contributed by atoms with Crippen LogP contribution in [0.15, 0.2) is 236 Å². The Bertz CT molecular complexity index is 5670. The fourth-order valence-electron chi connectivity index (χ4n) is 16.6. The predicted molar refractivity (Wildman–Crippen MR) is 499 cm³/mol. The van der Waals surface area contributed by atoms with Gasteiger partial charge in [-0.15, -0.1) is 0 Å². The Labute approximate surface area is 766 Å². The number of benzene rings is 8. The third kappa shape index (κ3) is 26.3. The molecule has 8 amide bonds. The molecule has 0 bridgehead atoms. The second-order valence-electron chi connectivity index (χ2n) is 33.5. The average Bonchev–Trinajstić information content (AvgIpc) is 1.66. The zero-order valence-electron chi connectivity index (χ0n) is 75.9. The number of hydrogen-bond donors (Lipinski definition) is 8. The lowest BCUT2D eigenvalue weighted by Gasteiger charge is -2.20. The van der Waals surface area contributed by atoms with Crippen LogP contribution in [0.4, 0.5) is 60.3 Å². The Balaban J connectivity index is 0.000000150. The summed E-state index contributed by atoms with van der Waals surface area (Å²) < 4.78 is 99.0. The van der Waals surface area contributed by atoms with Gasteiger partial charge in [-0.05, 0) is 84.6 Å². The second-order valence-corrected chi connectivity index (χ2v) is 33.5. The third-order valence-electron chi connectivity index (χ3n) is 23.4. The summed E-state index contributed by atoms with van der Waals surface area (Å²) >= 11 is 0. The highest BCUT2D eigenvalue weighted by molar-refractivity contribution is 5.93. The number of carbonyl (C=O) groups is 4. The molecule has 4 aliphatic rings.